The quantitative estimate of drug-likeness (QED) is 0.506. The van der Waals surface area contributed by atoms with Gasteiger partial charge in [0.2, 0.25) is 0 Å². The molecule has 4 aromatic rings. The fourth-order valence-corrected chi connectivity index (χ4v) is 4.70. The van der Waals surface area contributed by atoms with E-state index >= 15 is 0 Å². The summed E-state index contributed by atoms with van der Waals surface area (Å²) in [7, 11) is 0. The minimum Gasteiger partial charge on any atom is -0.331 e. The Morgan fingerprint density at radius 2 is 1.74 bits per heavy atom. The van der Waals surface area contributed by atoms with Gasteiger partial charge in [0, 0.05) is 35.6 Å². The Morgan fingerprint density at radius 1 is 0.926 bits per heavy atom. The zero-order chi connectivity index (χ0) is 18.1. The van der Waals surface area contributed by atoms with Crippen LogP contribution in [-0.4, -0.2) is 16.4 Å². The van der Waals surface area contributed by atoms with E-state index in [2.05, 4.69) is 83.0 Å². The van der Waals surface area contributed by atoms with Crippen LogP contribution in [0.5, 0.6) is 0 Å². The average molecular weight is 372 g/mol. The highest BCUT2D eigenvalue weighted by molar-refractivity contribution is 7.15. The molecule has 134 valence electrons. The molecule has 0 bridgehead atoms. The number of benzene rings is 3. The Hall–Kier alpha value is -2.69. The van der Waals surface area contributed by atoms with Crippen LogP contribution in [0.2, 0.25) is 0 Å². The molecule has 2 heterocycles. The first-order valence-corrected chi connectivity index (χ1v) is 10.2. The maximum atomic E-state index is 4.91. The van der Waals surface area contributed by atoms with E-state index in [0.717, 1.165) is 36.9 Å². The Balaban J connectivity index is 1.35. The van der Waals surface area contributed by atoms with Gasteiger partial charge in [-0.3, -0.25) is 4.90 Å². The number of hydrogen-bond acceptors (Lipinski definition) is 4. The molecule has 1 N–H and O–H groups in total. The second kappa shape index (κ2) is 7.14. The lowest BCUT2D eigenvalue weighted by molar-refractivity contribution is 0.244. The molecule has 0 unspecified atom stereocenters. The topological polar surface area (TPSA) is 28.2 Å². The summed E-state index contributed by atoms with van der Waals surface area (Å²) in [5.41, 5.74) is 3.72. The monoisotopic (exact) mass is 371 g/mol. The Morgan fingerprint density at radius 3 is 2.67 bits per heavy atom. The van der Waals surface area contributed by atoms with Crippen molar-refractivity contribution < 1.29 is 0 Å². The molecule has 27 heavy (non-hydrogen) atoms. The van der Waals surface area contributed by atoms with Crippen LogP contribution in [-0.2, 0) is 19.5 Å². The van der Waals surface area contributed by atoms with Crippen LogP contribution in [0, 0.1) is 0 Å². The van der Waals surface area contributed by atoms with E-state index in [-0.39, 0.29) is 0 Å². The van der Waals surface area contributed by atoms with Gasteiger partial charge in [-0.2, -0.15) is 0 Å². The molecular weight excluding hydrogens is 350 g/mol. The Labute approximate surface area is 163 Å². The van der Waals surface area contributed by atoms with E-state index < -0.39 is 0 Å². The first-order valence-electron chi connectivity index (χ1n) is 9.35. The summed E-state index contributed by atoms with van der Waals surface area (Å²) in [6, 6.07) is 25.5. The van der Waals surface area contributed by atoms with Crippen molar-refractivity contribution in [3.8, 4) is 0 Å². The highest BCUT2D eigenvalue weighted by Crippen LogP contribution is 2.32. The molecule has 0 spiro atoms. The number of rotatable bonds is 4. The van der Waals surface area contributed by atoms with Crippen molar-refractivity contribution in [2.24, 2.45) is 0 Å². The van der Waals surface area contributed by atoms with Crippen LogP contribution in [0.25, 0.3) is 10.8 Å². The molecular formula is C23H21N3S. The Kier molecular flexibility index (Phi) is 4.36. The molecule has 0 atom stereocenters. The van der Waals surface area contributed by atoms with Crippen LogP contribution in [0.3, 0.4) is 0 Å². The van der Waals surface area contributed by atoms with E-state index in [4.69, 9.17) is 4.98 Å². The molecule has 1 aromatic heterocycles. The SMILES string of the molecule is c1ccc(CN2CCc3sc(Nc4cccc5ccccc45)nc3C2)cc1. The van der Waals surface area contributed by atoms with Crippen molar-refractivity contribution in [1.29, 1.82) is 0 Å². The lowest BCUT2D eigenvalue weighted by Crippen LogP contribution is -2.29. The van der Waals surface area contributed by atoms with Crippen molar-refractivity contribution in [3.63, 3.8) is 0 Å². The van der Waals surface area contributed by atoms with Gasteiger partial charge < -0.3 is 5.32 Å². The van der Waals surface area contributed by atoms with Gasteiger partial charge in [0.1, 0.15) is 0 Å². The average Bonchev–Trinajstić information content (AvgIpc) is 3.11. The van der Waals surface area contributed by atoms with Crippen LogP contribution in [0.15, 0.2) is 72.8 Å². The van der Waals surface area contributed by atoms with Crippen LogP contribution in [0.1, 0.15) is 16.1 Å². The minimum absolute atomic E-state index is 0.929. The van der Waals surface area contributed by atoms with Crippen LogP contribution in [0.4, 0.5) is 10.8 Å². The van der Waals surface area contributed by atoms with E-state index in [9.17, 15) is 0 Å². The summed E-state index contributed by atoms with van der Waals surface area (Å²) in [5, 5.41) is 7.04. The molecule has 5 rings (SSSR count). The third-order valence-corrected chi connectivity index (χ3v) is 6.16. The van der Waals surface area contributed by atoms with Crippen molar-refractivity contribution >= 4 is 32.9 Å². The molecule has 1 aliphatic heterocycles. The van der Waals surface area contributed by atoms with Gasteiger partial charge in [-0.1, -0.05) is 66.7 Å². The number of anilines is 2. The largest absolute Gasteiger partial charge is 0.331 e. The van der Waals surface area contributed by atoms with Gasteiger partial charge in [0.25, 0.3) is 0 Å². The molecule has 4 heteroatoms. The molecule has 3 nitrogen and oxygen atoms in total. The van der Waals surface area contributed by atoms with Gasteiger partial charge in [0.15, 0.2) is 5.13 Å². The second-order valence-electron chi connectivity index (χ2n) is 6.99. The predicted molar refractivity (Wildman–Crippen MR) is 114 cm³/mol. The highest BCUT2D eigenvalue weighted by atomic mass is 32.1. The lowest BCUT2D eigenvalue weighted by Gasteiger charge is -2.25. The van der Waals surface area contributed by atoms with Gasteiger partial charge in [-0.05, 0) is 23.4 Å². The third kappa shape index (κ3) is 3.46. The zero-order valence-electron chi connectivity index (χ0n) is 15.1. The Bertz CT molecular complexity index is 1070. The summed E-state index contributed by atoms with van der Waals surface area (Å²) >= 11 is 1.80. The van der Waals surface area contributed by atoms with E-state index in [1.54, 1.807) is 11.3 Å². The second-order valence-corrected chi connectivity index (χ2v) is 8.07. The minimum atomic E-state index is 0.929. The number of nitrogens with one attached hydrogen (secondary N) is 1. The summed E-state index contributed by atoms with van der Waals surface area (Å²) in [5.74, 6) is 0. The van der Waals surface area contributed by atoms with Gasteiger partial charge in [-0.25, -0.2) is 4.98 Å². The first kappa shape index (κ1) is 16.5. The molecule has 3 aromatic carbocycles. The van der Waals surface area contributed by atoms with E-state index in [0.29, 0.717) is 0 Å². The summed E-state index contributed by atoms with van der Waals surface area (Å²) in [6.07, 6.45) is 1.08. The maximum Gasteiger partial charge on any atom is 0.187 e. The molecule has 0 amide bonds. The number of nitrogens with zero attached hydrogens (tertiary/aromatic N) is 2. The maximum absolute atomic E-state index is 4.91. The normalized spacial score (nSPS) is 14.2. The summed E-state index contributed by atoms with van der Waals surface area (Å²) in [6.45, 7) is 3.01. The van der Waals surface area contributed by atoms with Gasteiger partial charge in [-0.15, -0.1) is 11.3 Å². The van der Waals surface area contributed by atoms with Crippen molar-refractivity contribution in [2.75, 3.05) is 11.9 Å². The van der Waals surface area contributed by atoms with Gasteiger partial charge >= 0.3 is 0 Å². The van der Waals surface area contributed by atoms with Crippen molar-refractivity contribution in [2.45, 2.75) is 19.5 Å². The molecule has 0 saturated heterocycles. The van der Waals surface area contributed by atoms with E-state index in [1.807, 2.05) is 0 Å². The number of thiazole rings is 1. The molecule has 0 aliphatic carbocycles. The molecule has 0 saturated carbocycles. The smallest absolute Gasteiger partial charge is 0.187 e. The predicted octanol–water partition coefficient (Wildman–Crippen LogP) is 5.60. The molecule has 1 aliphatic rings. The first-order chi connectivity index (χ1) is 13.3. The van der Waals surface area contributed by atoms with Crippen molar-refractivity contribution in [1.82, 2.24) is 9.88 Å². The van der Waals surface area contributed by atoms with Crippen LogP contribution >= 0.6 is 11.3 Å². The summed E-state index contributed by atoms with van der Waals surface area (Å²) < 4.78 is 0. The zero-order valence-corrected chi connectivity index (χ0v) is 15.9. The standard InChI is InChI=1S/C23H21N3S/c1-2-7-17(8-3-1)15-26-14-13-22-21(16-26)25-23(27-22)24-20-12-6-10-18-9-4-5-11-19(18)20/h1-12H,13-16H2,(H,24,25). The highest BCUT2D eigenvalue weighted by Gasteiger charge is 2.21. The number of aromatic nitrogens is 1. The fraction of sp³-hybridized carbons (Fsp3) is 0.174. The third-order valence-electron chi connectivity index (χ3n) is 5.09. The fourth-order valence-electron chi connectivity index (χ4n) is 3.73. The van der Waals surface area contributed by atoms with Crippen LogP contribution < -0.4 is 5.32 Å². The molecule has 0 fully saturated rings. The summed E-state index contributed by atoms with van der Waals surface area (Å²) in [4.78, 5) is 8.81. The van der Waals surface area contributed by atoms with E-state index in [1.165, 1.54) is 26.9 Å². The lowest BCUT2D eigenvalue weighted by atomic mass is 10.1. The van der Waals surface area contributed by atoms with Crippen molar-refractivity contribution in [3.05, 3.63) is 88.9 Å². The van der Waals surface area contributed by atoms with Gasteiger partial charge in [0.05, 0.1) is 5.69 Å². The molecule has 0 radical (unpaired) electrons. The number of hydrogen-bond donors (Lipinski definition) is 1. The number of fused-ring (bicyclic) bond motifs is 2.